The minimum absolute atomic E-state index is 0.0289. The van der Waals surface area contributed by atoms with Gasteiger partial charge in [0.2, 0.25) is 0 Å². The van der Waals surface area contributed by atoms with E-state index in [1.54, 1.807) is 42.7 Å². The number of sulfone groups is 1. The number of benzene rings is 4. The maximum absolute atomic E-state index is 13.6. The zero-order valence-electron chi connectivity index (χ0n) is 25.6. The van der Waals surface area contributed by atoms with Gasteiger partial charge in [0.1, 0.15) is 36.4 Å². The molecule has 242 valence electrons. The molecule has 2 atom stereocenters. The van der Waals surface area contributed by atoms with Crippen molar-refractivity contribution in [1.82, 2.24) is 9.97 Å². The molecule has 5 aromatic rings. The van der Waals surface area contributed by atoms with Gasteiger partial charge in [-0.1, -0.05) is 43.3 Å². The fraction of sp³-hybridized carbons (Fsp3) is 0.222. The van der Waals surface area contributed by atoms with Crippen molar-refractivity contribution in [2.75, 3.05) is 17.7 Å². The smallest absolute Gasteiger partial charge is 0.180 e. The molecule has 1 N–H and O–H groups in total. The van der Waals surface area contributed by atoms with Crippen molar-refractivity contribution in [3.05, 3.63) is 131 Å². The third kappa shape index (κ3) is 7.32. The Bertz CT molecular complexity index is 2000. The van der Waals surface area contributed by atoms with Gasteiger partial charge in [0.25, 0.3) is 0 Å². The van der Waals surface area contributed by atoms with Crippen LogP contribution in [0.15, 0.2) is 119 Å². The standard InChI is InChI=1S/C36H33BrFN3O5S/c1-2-34(44-18-19-47(42,43)29-10-4-3-5-11-29)36(16-7-17-46-36)26-12-14-32-30(21-26)35(40-24-39-32)41-28-13-15-33(31(37)22-28)45-23-25-8-6-9-27(38)20-25/h3-15,17,20-22,24,34H,2,16,18-19,23H2,1H3,(H,39,40,41). The predicted molar refractivity (Wildman–Crippen MR) is 183 cm³/mol. The Morgan fingerprint density at radius 3 is 2.62 bits per heavy atom. The molecule has 0 bridgehead atoms. The van der Waals surface area contributed by atoms with E-state index in [1.165, 1.54) is 18.5 Å². The maximum atomic E-state index is 13.6. The van der Waals surface area contributed by atoms with E-state index >= 15 is 0 Å². The molecule has 1 aliphatic rings. The van der Waals surface area contributed by atoms with Crippen LogP contribution in [0.2, 0.25) is 0 Å². The van der Waals surface area contributed by atoms with Gasteiger partial charge in [-0.3, -0.25) is 0 Å². The molecule has 8 nitrogen and oxygen atoms in total. The van der Waals surface area contributed by atoms with Crippen LogP contribution in [0.3, 0.4) is 0 Å². The van der Waals surface area contributed by atoms with Crippen LogP contribution in [0, 0.1) is 5.82 Å². The lowest BCUT2D eigenvalue weighted by Crippen LogP contribution is -2.41. The molecular formula is C36H33BrFN3O5S. The van der Waals surface area contributed by atoms with Crippen LogP contribution in [0.5, 0.6) is 5.75 Å². The van der Waals surface area contributed by atoms with Crippen molar-refractivity contribution < 1.29 is 27.0 Å². The Hall–Kier alpha value is -4.32. The average Bonchev–Trinajstić information content (AvgIpc) is 3.58. The van der Waals surface area contributed by atoms with E-state index < -0.39 is 21.5 Å². The highest BCUT2D eigenvalue weighted by atomic mass is 79.9. The number of hydrogen-bond donors (Lipinski definition) is 1. The lowest BCUT2D eigenvalue weighted by molar-refractivity contribution is -0.107. The Morgan fingerprint density at radius 2 is 1.87 bits per heavy atom. The number of nitrogens with zero attached hydrogens (tertiary/aromatic N) is 2. The number of hydrogen-bond acceptors (Lipinski definition) is 8. The van der Waals surface area contributed by atoms with Crippen molar-refractivity contribution in [3.8, 4) is 5.75 Å². The van der Waals surface area contributed by atoms with Crippen molar-refractivity contribution in [2.24, 2.45) is 0 Å². The highest BCUT2D eigenvalue weighted by molar-refractivity contribution is 9.10. The van der Waals surface area contributed by atoms with Crippen molar-refractivity contribution in [3.63, 3.8) is 0 Å². The van der Waals surface area contributed by atoms with E-state index in [9.17, 15) is 12.8 Å². The average molecular weight is 719 g/mol. The Morgan fingerprint density at radius 1 is 1.02 bits per heavy atom. The maximum Gasteiger partial charge on any atom is 0.180 e. The fourth-order valence-corrected chi connectivity index (χ4v) is 7.30. The van der Waals surface area contributed by atoms with Gasteiger partial charge < -0.3 is 19.5 Å². The third-order valence-corrected chi connectivity index (χ3v) is 10.4. The first-order chi connectivity index (χ1) is 22.8. The summed E-state index contributed by atoms with van der Waals surface area (Å²) < 4.78 is 58.5. The lowest BCUT2D eigenvalue weighted by Gasteiger charge is -2.37. The van der Waals surface area contributed by atoms with Crippen LogP contribution in [0.4, 0.5) is 15.9 Å². The molecule has 2 unspecified atom stereocenters. The number of halogens is 2. The van der Waals surface area contributed by atoms with Crippen LogP contribution in [0.25, 0.3) is 10.9 Å². The number of fused-ring (bicyclic) bond motifs is 1. The third-order valence-electron chi connectivity index (χ3n) is 8.06. The molecule has 1 aliphatic heterocycles. The summed E-state index contributed by atoms with van der Waals surface area (Å²) >= 11 is 3.58. The summed E-state index contributed by atoms with van der Waals surface area (Å²) in [5.41, 5.74) is 2.26. The highest BCUT2D eigenvalue weighted by Gasteiger charge is 2.44. The number of aromatic nitrogens is 2. The number of rotatable bonds is 13. The molecule has 2 heterocycles. The summed E-state index contributed by atoms with van der Waals surface area (Å²) in [6, 6.07) is 26.2. The SMILES string of the molecule is CCC(OCCS(=O)(=O)c1ccccc1)C1(c2ccc3ncnc(Nc4ccc(OCc5cccc(F)c5)c(Br)c4)c3c2)CC=CO1. The summed E-state index contributed by atoms with van der Waals surface area (Å²) in [6.07, 6.45) is 5.87. The molecule has 0 amide bonds. The van der Waals surface area contributed by atoms with Gasteiger partial charge in [-0.25, -0.2) is 22.8 Å². The Kier molecular flexibility index (Phi) is 9.86. The second kappa shape index (κ2) is 14.2. The quantitative estimate of drug-likeness (QED) is 0.130. The normalized spacial score (nSPS) is 16.6. The van der Waals surface area contributed by atoms with E-state index in [4.69, 9.17) is 14.2 Å². The number of nitrogens with one attached hydrogen (secondary N) is 1. The molecule has 6 rings (SSSR count). The van der Waals surface area contributed by atoms with E-state index in [0.717, 1.165) is 32.2 Å². The second-order valence-electron chi connectivity index (χ2n) is 11.1. The molecule has 0 fully saturated rings. The largest absolute Gasteiger partial charge is 0.488 e. The topological polar surface area (TPSA) is 99.6 Å². The summed E-state index contributed by atoms with van der Waals surface area (Å²) in [5, 5.41) is 4.18. The number of ether oxygens (including phenoxy) is 3. The first kappa shape index (κ1) is 32.6. The molecular weight excluding hydrogens is 685 g/mol. The van der Waals surface area contributed by atoms with Gasteiger partial charge in [0.05, 0.1) is 33.5 Å². The predicted octanol–water partition coefficient (Wildman–Crippen LogP) is 8.25. The molecule has 0 aliphatic carbocycles. The Labute approximate surface area is 281 Å². The van der Waals surface area contributed by atoms with Crippen LogP contribution >= 0.6 is 15.9 Å². The van der Waals surface area contributed by atoms with Crippen LogP contribution in [0.1, 0.15) is 30.9 Å². The van der Waals surface area contributed by atoms with Crippen LogP contribution in [-0.2, 0) is 31.5 Å². The molecule has 1 aromatic heterocycles. The second-order valence-corrected chi connectivity index (χ2v) is 14.1. The van der Waals surface area contributed by atoms with Crippen LogP contribution < -0.4 is 10.1 Å². The minimum atomic E-state index is -3.49. The van der Waals surface area contributed by atoms with E-state index in [1.807, 2.05) is 55.5 Å². The monoisotopic (exact) mass is 717 g/mol. The van der Waals surface area contributed by atoms with Gasteiger partial charge in [0, 0.05) is 17.5 Å². The van der Waals surface area contributed by atoms with Crippen LogP contribution in [-0.4, -0.2) is 36.8 Å². The summed E-state index contributed by atoms with van der Waals surface area (Å²) in [5.74, 6) is 0.769. The molecule has 11 heteroatoms. The van der Waals surface area contributed by atoms with Crippen molar-refractivity contribution >= 4 is 48.2 Å². The van der Waals surface area contributed by atoms with Gasteiger partial charge in [-0.05, 0) is 94.2 Å². The molecule has 0 saturated heterocycles. The summed E-state index contributed by atoms with van der Waals surface area (Å²) in [6.45, 7) is 2.26. The number of anilines is 2. The van der Waals surface area contributed by atoms with E-state index in [-0.39, 0.29) is 29.7 Å². The zero-order chi connectivity index (χ0) is 32.9. The van der Waals surface area contributed by atoms with E-state index in [2.05, 4.69) is 31.2 Å². The van der Waals surface area contributed by atoms with Crippen molar-refractivity contribution in [1.29, 1.82) is 0 Å². The Balaban J connectivity index is 1.21. The minimum Gasteiger partial charge on any atom is -0.488 e. The first-order valence-corrected chi connectivity index (χ1v) is 17.6. The summed E-state index contributed by atoms with van der Waals surface area (Å²) in [7, 11) is -3.49. The molecule has 0 saturated carbocycles. The highest BCUT2D eigenvalue weighted by Crippen LogP contribution is 2.42. The van der Waals surface area contributed by atoms with Gasteiger partial charge in [-0.2, -0.15) is 0 Å². The summed E-state index contributed by atoms with van der Waals surface area (Å²) in [4.78, 5) is 9.29. The first-order valence-electron chi connectivity index (χ1n) is 15.2. The zero-order valence-corrected chi connectivity index (χ0v) is 28.0. The molecule has 4 aromatic carbocycles. The lowest BCUT2D eigenvalue weighted by atomic mass is 9.83. The van der Waals surface area contributed by atoms with Crippen molar-refractivity contribution in [2.45, 2.75) is 43.0 Å². The molecule has 47 heavy (non-hydrogen) atoms. The van der Waals surface area contributed by atoms with E-state index in [0.29, 0.717) is 24.4 Å². The van der Waals surface area contributed by atoms with Gasteiger partial charge in [-0.15, -0.1) is 0 Å². The fourth-order valence-electron chi connectivity index (χ4n) is 5.69. The van der Waals surface area contributed by atoms with Gasteiger partial charge >= 0.3 is 0 Å². The van der Waals surface area contributed by atoms with Gasteiger partial charge in [0.15, 0.2) is 15.4 Å². The molecule has 0 spiro atoms. The molecule has 0 radical (unpaired) electrons.